The molecule has 0 spiro atoms. The van der Waals surface area contributed by atoms with Crippen molar-refractivity contribution in [1.29, 1.82) is 0 Å². The van der Waals surface area contributed by atoms with Gasteiger partial charge in [0.2, 0.25) is 5.91 Å². The first kappa shape index (κ1) is 24.1. The third-order valence-electron chi connectivity index (χ3n) is 6.74. The van der Waals surface area contributed by atoms with Crippen molar-refractivity contribution in [2.24, 2.45) is 11.8 Å². The number of aryl methyl sites for hydroxylation is 2. The Labute approximate surface area is 206 Å². The van der Waals surface area contributed by atoms with Crippen LogP contribution in [0, 0.1) is 18.8 Å². The van der Waals surface area contributed by atoms with Crippen LogP contribution in [0.5, 0.6) is 0 Å². The van der Waals surface area contributed by atoms with E-state index in [-0.39, 0.29) is 17.7 Å². The third kappa shape index (κ3) is 5.92. The van der Waals surface area contributed by atoms with E-state index in [0.717, 1.165) is 46.8 Å². The summed E-state index contributed by atoms with van der Waals surface area (Å²) >= 11 is 1.47. The maximum absolute atomic E-state index is 13.2. The Morgan fingerprint density at radius 2 is 1.71 bits per heavy atom. The zero-order valence-electron chi connectivity index (χ0n) is 20.0. The molecule has 0 radical (unpaired) electrons. The lowest BCUT2D eigenvalue weighted by Crippen LogP contribution is -2.42. The molecular formula is C28H33N3O2S. The smallest absolute Gasteiger partial charge is 0.265 e. The Bertz CT molecular complexity index is 1090. The summed E-state index contributed by atoms with van der Waals surface area (Å²) in [6.07, 6.45) is 3.62. The molecule has 2 heterocycles. The average Bonchev–Trinajstić information content (AvgIpc) is 3.28. The fourth-order valence-electron chi connectivity index (χ4n) is 4.57. The molecular weight excluding hydrogens is 442 g/mol. The third-order valence-corrected chi connectivity index (χ3v) is 7.94. The van der Waals surface area contributed by atoms with E-state index in [9.17, 15) is 9.59 Å². The number of carbonyl (C=O) groups is 2. The summed E-state index contributed by atoms with van der Waals surface area (Å²) in [6.45, 7) is 6.01. The molecule has 2 aromatic carbocycles. The molecule has 1 fully saturated rings. The van der Waals surface area contributed by atoms with Gasteiger partial charge in [0.15, 0.2) is 0 Å². The van der Waals surface area contributed by atoms with Gasteiger partial charge in [-0.25, -0.2) is 4.98 Å². The molecule has 1 aliphatic rings. The first-order valence-electron chi connectivity index (χ1n) is 12.2. The fourth-order valence-corrected chi connectivity index (χ4v) is 5.61. The second-order valence-corrected chi connectivity index (χ2v) is 10.1. The first-order chi connectivity index (χ1) is 16.5. The summed E-state index contributed by atoms with van der Waals surface area (Å²) in [5.41, 5.74) is 3.13. The molecule has 34 heavy (non-hydrogen) atoms. The molecule has 0 saturated carbocycles. The molecule has 3 aromatic rings. The van der Waals surface area contributed by atoms with Crippen LogP contribution in [0.25, 0.3) is 10.6 Å². The van der Waals surface area contributed by atoms with E-state index in [2.05, 4.69) is 22.4 Å². The highest BCUT2D eigenvalue weighted by Crippen LogP contribution is 2.31. The van der Waals surface area contributed by atoms with Crippen molar-refractivity contribution in [3.63, 3.8) is 0 Å². The van der Waals surface area contributed by atoms with Crippen molar-refractivity contribution in [3.05, 3.63) is 76.8 Å². The van der Waals surface area contributed by atoms with E-state index in [1.54, 1.807) is 0 Å². The van der Waals surface area contributed by atoms with Gasteiger partial charge in [-0.3, -0.25) is 9.59 Å². The van der Waals surface area contributed by atoms with Crippen molar-refractivity contribution < 1.29 is 9.59 Å². The average molecular weight is 476 g/mol. The van der Waals surface area contributed by atoms with Gasteiger partial charge >= 0.3 is 0 Å². The Hall–Kier alpha value is -2.99. The standard InChI is InChI=1S/C28H33N3O2S/c1-20(26(32)29-17-9-12-22-10-5-3-6-11-22)23-15-18-31(19-16-23)28(33)25-21(2)30-27(34-25)24-13-7-4-8-14-24/h3-8,10-11,13-14,20,23H,9,12,15-19H2,1-2H3,(H,29,32)/t20-/m0/s1. The predicted molar refractivity (Wildman–Crippen MR) is 138 cm³/mol. The second kappa shape index (κ2) is 11.4. The molecule has 1 aromatic heterocycles. The molecule has 1 aliphatic heterocycles. The quantitative estimate of drug-likeness (QED) is 0.447. The molecule has 1 saturated heterocycles. The zero-order chi connectivity index (χ0) is 23.9. The van der Waals surface area contributed by atoms with Gasteiger partial charge in [0, 0.05) is 31.1 Å². The molecule has 6 heteroatoms. The number of piperidine rings is 1. The van der Waals surface area contributed by atoms with Crippen LogP contribution in [0.3, 0.4) is 0 Å². The summed E-state index contributed by atoms with van der Waals surface area (Å²) in [4.78, 5) is 33.1. The van der Waals surface area contributed by atoms with E-state index >= 15 is 0 Å². The number of carbonyl (C=O) groups excluding carboxylic acids is 2. The topological polar surface area (TPSA) is 62.3 Å². The fraction of sp³-hybridized carbons (Fsp3) is 0.393. The summed E-state index contributed by atoms with van der Waals surface area (Å²) in [5.74, 6) is 0.460. The van der Waals surface area contributed by atoms with E-state index < -0.39 is 0 Å². The van der Waals surface area contributed by atoms with Crippen LogP contribution in [0.1, 0.15) is 47.1 Å². The summed E-state index contributed by atoms with van der Waals surface area (Å²) in [6, 6.07) is 20.3. The number of aromatic nitrogens is 1. The van der Waals surface area contributed by atoms with Crippen LogP contribution < -0.4 is 5.32 Å². The second-order valence-electron chi connectivity index (χ2n) is 9.10. The number of thiazole rings is 1. The van der Waals surface area contributed by atoms with Crippen LogP contribution in [0.15, 0.2) is 60.7 Å². The Kier molecular flexibility index (Phi) is 8.12. The molecule has 5 nitrogen and oxygen atoms in total. The lowest BCUT2D eigenvalue weighted by atomic mass is 9.84. The number of likely N-dealkylation sites (tertiary alicyclic amines) is 1. The highest BCUT2D eigenvalue weighted by atomic mass is 32.1. The minimum atomic E-state index is -0.0381. The minimum Gasteiger partial charge on any atom is -0.356 e. The lowest BCUT2D eigenvalue weighted by Gasteiger charge is -2.34. The van der Waals surface area contributed by atoms with Gasteiger partial charge in [0.1, 0.15) is 9.88 Å². The zero-order valence-corrected chi connectivity index (χ0v) is 20.8. The molecule has 178 valence electrons. The maximum Gasteiger partial charge on any atom is 0.265 e. The maximum atomic E-state index is 13.2. The Morgan fingerprint density at radius 3 is 2.38 bits per heavy atom. The number of hydrogen-bond donors (Lipinski definition) is 1. The van der Waals surface area contributed by atoms with E-state index in [4.69, 9.17) is 0 Å². The van der Waals surface area contributed by atoms with Crippen LogP contribution in [0.4, 0.5) is 0 Å². The highest BCUT2D eigenvalue weighted by molar-refractivity contribution is 7.17. The lowest BCUT2D eigenvalue weighted by molar-refractivity contribution is -0.126. The number of nitrogens with one attached hydrogen (secondary N) is 1. The van der Waals surface area contributed by atoms with E-state index in [0.29, 0.717) is 25.6 Å². The normalized spacial score (nSPS) is 15.2. The molecule has 1 N–H and O–H groups in total. The molecule has 0 bridgehead atoms. The van der Waals surface area contributed by atoms with E-state index in [1.165, 1.54) is 16.9 Å². The SMILES string of the molecule is Cc1nc(-c2ccccc2)sc1C(=O)N1CCC([C@H](C)C(=O)NCCCc2ccccc2)CC1. The number of amides is 2. The molecule has 1 atom stereocenters. The largest absolute Gasteiger partial charge is 0.356 e. The van der Waals surface area contributed by atoms with Gasteiger partial charge < -0.3 is 10.2 Å². The van der Waals surface area contributed by atoms with Crippen LogP contribution in [0.2, 0.25) is 0 Å². The van der Waals surface area contributed by atoms with Crippen molar-refractivity contribution in [2.75, 3.05) is 19.6 Å². The van der Waals surface area contributed by atoms with Gasteiger partial charge in [-0.1, -0.05) is 67.6 Å². The Morgan fingerprint density at radius 1 is 1.06 bits per heavy atom. The molecule has 2 amide bonds. The summed E-state index contributed by atoms with van der Waals surface area (Å²) in [7, 11) is 0. The van der Waals surface area contributed by atoms with Gasteiger partial charge in [-0.05, 0) is 44.1 Å². The van der Waals surface area contributed by atoms with Crippen LogP contribution in [-0.2, 0) is 11.2 Å². The number of benzene rings is 2. The van der Waals surface area contributed by atoms with Gasteiger partial charge in [0.25, 0.3) is 5.91 Å². The van der Waals surface area contributed by atoms with E-state index in [1.807, 2.05) is 67.3 Å². The monoisotopic (exact) mass is 475 g/mol. The highest BCUT2D eigenvalue weighted by Gasteiger charge is 2.31. The minimum absolute atomic E-state index is 0.0381. The van der Waals surface area contributed by atoms with Gasteiger partial charge in [-0.2, -0.15) is 0 Å². The van der Waals surface area contributed by atoms with Crippen molar-refractivity contribution in [3.8, 4) is 10.6 Å². The Balaban J connectivity index is 1.24. The number of nitrogens with zero attached hydrogens (tertiary/aromatic N) is 2. The van der Waals surface area contributed by atoms with Gasteiger partial charge in [-0.15, -0.1) is 11.3 Å². The summed E-state index contributed by atoms with van der Waals surface area (Å²) in [5, 5.41) is 3.99. The van der Waals surface area contributed by atoms with Crippen molar-refractivity contribution >= 4 is 23.2 Å². The van der Waals surface area contributed by atoms with Gasteiger partial charge in [0.05, 0.1) is 5.69 Å². The molecule has 0 aliphatic carbocycles. The summed E-state index contributed by atoms with van der Waals surface area (Å²) < 4.78 is 0. The first-order valence-corrected chi connectivity index (χ1v) is 13.0. The van der Waals surface area contributed by atoms with Crippen molar-refractivity contribution in [1.82, 2.24) is 15.2 Å². The van der Waals surface area contributed by atoms with Crippen LogP contribution in [-0.4, -0.2) is 41.3 Å². The van der Waals surface area contributed by atoms with Crippen LogP contribution >= 0.6 is 11.3 Å². The molecule has 0 unspecified atom stereocenters. The number of rotatable bonds is 8. The number of hydrogen-bond acceptors (Lipinski definition) is 4. The molecule has 4 rings (SSSR count). The van der Waals surface area contributed by atoms with Crippen molar-refractivity contribution in [2.45, 2.75) is 39.5 Å². The predicted octanol–water partition coefficient (Wildman–Crippen LogP) is 5.36.